The third-order valence-corrected chi connectivity index (χ3v) is 5.09. The van der Waals surface area contributed by atoms with Crippen LogP contribution in [-0.4, -0.2) is 39.8 Å². The van der Waals surface area contributed by atoms with Gasteiger partial charge in [-0.05, 0) is 37.8 Å². The van der Waals surface area contributed by atoms with Gasteiger partial charge in [0, 0.05) is 11.7 Å². The molecule has 1 N–H and O–H groups in total. The van der Waals surface area contributed by atoms with Crippen molar-refractivity contribution in [2.45, 2.75) is 62.1 Å². The van der Waals surface area contributed by atoms with Gasteiger partial charge in [0.2, 0.25) is 0 Å². The van der Waals surface area contributed by atoms with Crippen LogP contribution in [0.5, 0.6) is 0 Å². The van der Waals surface area contributed by atoms with Crippen LogP contribution in [0.15, 0.2) is 4.34 Å². The number of thioether (sulfide) groups is 1. The van der Waals surface area contributed by atoms with Gasteiger partial charge < -0.3 is 10.1 Å². The highest BCUT2D eigenvalue weighted by Crippen LogP contribution is 2.30. The Morgan fingerprint density at radius 2 is 2.24 bits per heavy atom. The Morgan fingerprint density at radius 3 is 2.76 bits per heavy atom. The van der Waals surface area contributed by atoms with Crippen molar-refractivity contribution in [2.24, 2.45) is 0 Å². The van der Waals surface area contributed by atoms with E-state index in [1.54, 1.807) is 11.8 Å². The Bertz CT molecular complexity index is 453. The number of nitrogens with zero attached hydrogens (tertiary/aromatic N) is 2. The van der Waals surface area contributed by atoms with E-state index < -0.39 is 5.54 Å². The average molecular weight is 332 g/mol. The fourth-order valence-electron chi connectivity index (χ4n) is 2.07. The molecule has 2 atom stereocenters. The van der Waals surface area contributed by atoms with E-state index in [2.05, 4.69) is 28.5 Å². The standard InChI is InChI=1S/C14H25N3O2S2/c1-6-8-15-14(4,12(18)19-5)9-10(3)20-13-16-11(7-2)17-21-13/h10,15H,6-9H2,1-5H3. The first-order chi connectivity index (χ1) is 9.95. The van der Waals surface area contributed by atoms with E-state index in [0.717, 1.165) is 29.6 Å². The first-order valence-corrected chi connectivity index (χ1v) is 8.93. The van der Waals surface area contributed by atoms with Crippen molar-refractivity contribution < 1.29 is 9.53 Å². The lowest BCUT2D eigenvalue weighted by molar-refractivity contribution is -0.148. The average Bonchev–Trinajstić information content (AvgIpc) is 2.91. The molecular formula is C14H25N3O2S2. The number of hydrogen-bond donors (Lipinski definition) is 1. The fraction of sp³-hybridized carbons (Fsp3) is 0.786. The van der Waals surface area contributed by atoms with Crippen molar-refractivity contribution in [1.82, 2.24) is 14.7 Å². The Morgan fingerprint density at radius 1 is 1.52 bits per heavy atom. The summed E-state index contributed by atoms with van der Waals surface area (Å²) in [4.78, 5) is 16.5. The van der Waals surface area contributed by atoms with Crippen molar-refractivity contribution in [2.75, 3.05) is 13.7 Å². The van der Waals surface area contributed by atoms with Gasteiger partial charge in [0.15, 0.2) is 4.34 Å². The van der Waals surface area contributed by atoms with Crippen LogP contribution in [0.25, 0.3) is 0 Å². The number of hydrogen-bond acceptors (Lipinski definition) is 7. The van der Waals surface area contributed by atoms with E-state index in [0.29, 0.717) is 6.42 Å². The highest BCUT2D eigenvalue weighted by Gasteiger charge is 2.35. The van der Waals surface area contributed by atoms with Gasteiger partial charge in [-0.15, -0.1) is 0 Å². The summed E-state index contributed by atoms with van der Waals surface area (Å²) in [6.07, 6.45) is 2.51. The molecule has 0 radical (unpaired) electrons. The van der Waals surface area contributed by atoms with E-state index in [-0.39, 0.29) is 11.2 Å². The summed E-state index contributed by atoms with van der Waals surface area (Å²) >= 11 is 3.09. The second-order valence-electron chi connectivity index (χ2n) is 5.21. The SMILES string of the molecule is CCCNC(C)(CC(C)Sc1nc(CC)ns1)C(=O)OC. The van der Waals surface area contributed by atoms with Gasteiger partial charge in [-0.1, -0.05) is 32.5 Å². The van der Waals surface area contributed by atoms with E-state index in [1.807, 2.05) is 13.8 Å². The van der Waals surface area contributed by atoms with Gasteiger partial charge in [-0.25, -0.2) is 4.98 Å². The lowest BCUT2D eigenvalue weighted by Gasteiger charge is -2.30. The zero-order chi connectivity index (χ0) is 15.9. The lowest BCUT2D eigenvalue weighted by Crippen LogP contribution is -2.51. The van der Waals surface area contributed by atoms with Gasteiger partial charge in [-0.2, -0.15) is 4.37 Å². The van der Waals surface area contributed by atoms with Gasteiger partial charge in [0.25, 0.3) is 0 Å². The molecule has 0 aliphatic carbocycles. The van der Waals surface area contributed by atoms with Crippen LogP contribution in [0.1, 0.15) is 46.4 Å². The second-order valence-corrected chi connectivity index (χ2v) is 7.65. The second kappa shape index (κ2) is 8.70. The quantitative estimate of drug-likeness (QED) is 0.554. The van der Waals surface area contributed by atoms with E-state index in [4.69, 9.17) is 4.74 Å². The molecule has 21 heavy (non-hydrogen) atoms. The van der Waals surface area contributed by atoms with Crippen LogP contribution < -0.4 is 5.32 Å². The molecule has 2 unspecified atom stereocenters. The molecule has 1 heterocycles. The number of methoxy groups -OCH3 is 1. The van der Waals surface area contributed by atoms with Crippen LogP contribution in [0.4, 0.5) is 0 Å². The molecule has 120 valence electrons. The van der Waals surface area contributed by atoms with Crippen molar-refractivity contribution >= 4 is 29.3 Å². The highest BCUT2D eigenvalue weighted by molar-refractivity contribution is 8.01. The third kappa shape index (κ3) is 5.56. The van der Waals surface area contributed by atoms with Crippen molar-refractivity contribution in [3.8, 4) is 0 Å². The Labute approximate surface area is 135 Å². The summed E-state index contributed by atoms with van der Waals surface area (Å²) < 4.78 is 10.2. The summed E-state index contributed by atoms with van der Waals surface area (Å²) in [5.74, 6) is 0.671. The maximum Gasteiger partial charge on any atom is 0.325 e. The summed E-state index contributed by atoms with van der Waals surface area (Å²) in [5.41, 5.74) is -0.657. The molecule has 0 spiro atoms. The molecule has 5 nitrogen and oxygen atoms in total. The van der Waals surface area contributed by atoms with Gasteiger partial charge in [0.1, 0.15) is 11.4 Å². The summed E-state index contributed by atoms with van der Waals surface area (Å²) in [6, 6.07) is 0. The molecule has 0 aromatic carbocycles. The molecule has 1 rings (SSSR count). The Kier molecular flexibility index (Phi) is 7.62. The molecule has 0 saturated heterocycles. The van der Waals surface area contributed by atoms with E-state index in [1.165, 1.54) is 18.6 Å². The summed E-state index contributed by atoms with van der Waals surface area (Å²) in [7, 11) is 1.43. The minimum Gasteiger partial charge on any atom is -0.468 e. The van der Waals surface area contributed by atoms with Crippen molar-refractivity contribution in [1.29, 1.82) is 0 Å². The number of ether oxygens (including phenoxy) is 1. The van der Waals surface area contributed by atoms with Crippen LogP contribution in [0, 0.1) is 0 Å². The predicted molar refractivity (Wildman–Crippen MR) is 87.9 cm³/mol. The maximum absolute atomic E-state index is 12.1. The Hall–Kier alpha value is -0.660. The Balaban J connectivity index is 2.66. The molecule has 0 aliphatic heterocycles. The van der Waals surface area contributed by atoms with Crippen LogP contribution in [-0.2, 0) is 16.0 Å². The minimum atomic E-state index is -0.657. The maximum atomic E-state index is 12.1. The molecule has 0 aliphatic rings. The number of carbonyl (C=O) groups excluding carboxylic acids is 1. The zero-order valence-corrected chi connectivity index (χ0v) is 15.1. The van der Waals surface area contributed by atoms with Gasteiger partial charge in [0.05, 0.1) is 7.11 Å². The molecule has 0 saturated carbocycles. The van der Waals surface area contributed by atoms with Gasteiger partial charge >= 0.3 is 5.97 Å². The van der Waals surface area contributed by atoms with Crippen LogP contribution in [0.2, 0.25) is 0 Å². The summed E-state index contributed by atoms with van der Waals surface area (Å²) in [6.45, 7) is 8.93. The van der Waals surface area contributed by atoms with Crippen molar-refractivity contribution in [3.63, 3.8) is 0 Å². The normalized spacial score (nSPS) is 15.5. The zero-order valence-electron chi connectivity index (χ0n) is 13.4. The number of nitrogens with one attached hydrogen (secondary N) is 1. The summed E-state index contributed by atoms with van der Waals surface area (Å²) in [5, 5.41) is 3.56. The van der Waals surface area contributed by atoms with Crippen molar-refractivity contribution in [3.05, 3.63) is 5.82 Å². The molecule has 0 bridgehead atoms. The largest absolute Gasteiger partial charge is 0.468 e. The number of esters is 1. The lowest BCUT2D eigenvalue weighted by atomic mass is 9.96. The predicted octanol–water partition coefficient (Wildman–Crippen LogP) is 2.90. The number of aromatic nitrogens is 2. The monoisotopic (exact) mass is 331 g/mol. The van der Waals surface area contributed by atoms with E-state index in [9.17, 15) is 4.79 Å². The first kappa shape index (κ1) is 18.4. The fourth-order valence-corrected chi connectivity index (χ4v) is 4.27. The number of carbonyl (C=O) groups is 1. The van der Waals surface area contributed by atoms with Crippen LogP contribution in [0.3, 0.4) is 0 Å². The van der Waals surface area contributed by atoms with Gasteiger partial charge in [-0.3, -0.25) is 4.79 Å². The minimum absolute atomic E-state index is 0.213. The number of rotatable bonds is 9. The van der Waals surface area contributed by atoms with Crippen LogP contribution >= 0.6 is 23.3 Å². The molecular weight excluding hydrogens is 306 g/mol. The van der Waals surface area contributed by atoms with E-state index >= 15 is 0 Å². The molecule has 0 amide bonds. The topological polar surface area (TPSA) is 64.1 Å². The number of aryl methyl sites for hydroxylation is 1. The third-order valence-electron chi connectivity index (χ3n) is 3.16. The smallest absolute Gasteiger partial charge is 0.325 e. The first-order valence-electron chi connectivity index (χ1n) is 7.27. The molecule has 7 heteroatoms. The molecule has 0 fully saturated rings. The molecule has 1 aromatic rings. The molecule has 1 aromatic heterocycles. The highest BCUT2D eigenvalue weighted by atomic mass is 32.2.